The van der Waals surface area contributed by atoms with Crippen LogP contribution in [-0.2, 0) is 4.74 Å². The average Bonchev–Trinajstić information content (AvgIpc) is 3.08. The van der Waals surface area contributed by atoms with Crippen molar-refractivity contribution >= 4 is 11.3 Å². The van der Waals surface area contributed by atoms with E-state index < -0.39 is 0 Å². The summed E-state index contributed by atoms with van der Waals surface area (Å²) in [5.74, 6) is 1.32. The van der Waals surface area contributed by atoms with Crippen LogP contribution in [0.15, 0.2) is 16.0 Å². The van der Waals surface area contributed by atoms with Crippen LogP contribution in [0.4, 0.5) is 0 Å². The third kappa shape index (κ3) is 2.03. The lowest BCUT2D eigenvalue weighted by Gasteiger charge is -2.18. The Kier molecular flexibility index (Phi) is 3.09. The van der Waals surface area contributed by atoms with Gasteiger partial charge in [0.25, 0.3) is 5.89 Å². The highest BCUT2D eigenvalue weighted by Gasteiger charge is 2.23. The Morgan fingerprint density at radius 1 is 1.50 bits per heavy atom. The maximum absolute atomic E-state index is 8.97. The van der Waals surface area contributed by atoms with E-state index in [1.54, 1.807) is 6.07 Å². The van der Waals surface area contributed by atoms with Crippen LogP contribution in [0.1, 0.15) is 30.1 Å². The first kappa shape index (κ1) is 11.4. The molecule has 1 atom stereocenters. The van der Waals surface area contributed by atoms with E-state index in [2.05, 4.69) is 16.2 Å². The van der Waals surface area contributed by atoms with E-state index in [9.17, 15) is 0 Å². The van der Waals surface area contributed by atoms with Gasteiger partial charge >= 0.3 is 0 Å². The Labute approximate surface area is 108 Å². The van der Waals surface area contributed by atoms with Crippen LogP contribution < -0.4 is 0 Å². The fourth-order valence-electron chi connectivity index (χ4n) is 2.00. The zero-order valence-corrected chi connectivity index (χ0v) is 10.4. The van der Waals surface area contributed by atoms with Crippen molar-refractivity contribution in [2.75, 3.05) is 13.2 Å². The van der Waals surface area contributed by atoms with Gasteiger partial charge in [-0.3, -0.25) is 0 Å². The van der Waals surface area contributed by atoms with Crippen LogP contribution >= 0.6 is 11.3 Å². The predicted molar refractivity (Wildman–Crippen MR) is 65.1 cm³/mol. The summed E-state index contributed by atoms with van der Waals surface area (Å²) < 4.78 is 10.7. The van der Waals surface area contributed by atoms with Gasteiger partial charge in [0, 0.05) is 12.5 Å². The van der Waals surface area contributed by atoms with Crippen molar-refractivity contribution in [3.05, 3.63) is 22.8 Å². The van der Waals surface area contributed by atoms with Crippen molar-refractivity contribution in [2.45, 2.75) is 18.8 Å². The van der Waals surface area contributed by atoms with Gasteiger partial charge in [-0.2, -0.15) is 10.2 Å². The molecule has 0 saturated carbocycles. The van der Waals surface area contributed by atoms with Crippen LogP contribution in [0.25, 0.3) is 10.8 Å². The van der Waals surface area contributed by atoms with Gasteiger partial charge in [0.1, 0.15) is 10.9 Å². The normalized spacial score (nSPS) is 19.6. The first-order chi connectivity index (χ1) is 8.88. The Bertz CT molecular complexity index is 578. The summed E-state index contributed by atoms with van der Waals surface area (Å²) in [6.45, 7) is 1.46. The summed E-state index contributed by atoms with van der Waals surface area (Å²) in [6, 6.07) is 3.88. The van der Waals surface area contributed by atoms with E-state index >= 15 is 0 Å². The molecule has 0 aromatic carbocycles. The van der Waals surface area contributed by atoms with E-state index in [4.69, 9.17) is 14.5 Å². The second-order valence-corrected chi connectivity index (χ2v) is 5.06. The number of rotatable bonds is 2. The fraction of sp³-hybridized carbons (Fsp3) is 0.417. The molecular weight excluding hydrogens is 250 g/mol. The second-order valence-electron chi connectivity index (χ2n) is 4.15. The molecule has 0 bridgehead atoms. The van der Waals surface area contributed by atoms with Crippen molar-refractivity contribution < 1.29 is 9.26 Å². The largest absolute Gasteiger partial charge is 0.381 e. The molecule has 0 aliphatic carbocycles. The average molecular weight is 261 g/mol. The number of ether oxygens (including phenoxy) is 1. The number of hydrogen-bond donors (Lipinski definition) is 0. The molecule has 3 heterocycles. The Morgan fingerprint density at radius 3 is 3.22 bits per heavy atom. The lowest BCUT2D eigenvalue weighted by molar-refractivity contribution is 0.0773. The minimum Gasteiger partial charge on any atom is -0.381 e. The van der Waals surface area contributed by atoms with E-state index in [0.29, 0.717) is 23.9 Å². The lowest BCUT2D eigenvalue weighted by Crippen LogP contribution is -2.16. The maximum atomic E-state index is 8.97. The SMILES string of the molecule is N#Cc1ccsc1-c1nc(C2CCCOC2)no1. The zero-order chi connectivity index (χ0) is 12.4. The van der Waals surface area contributed by atoms with Crippen LogP contribution in [-0.4, -0.2) is 23.4 Å². The quantitative estimate of drug-likeness (QED) is 0.830. The molecule has 0 amide bonds. The second kappa shape index (κ2) is 4.88. The molecule has 92 valence electrons. The van der Waals surface area contributed by atoms with Gasteiger partial charge in [-0.05, 0) is 24.3 Å². The van der Waals surface area contributed by atoms with Crippen LogP contribution in [0.2, 0.25) is 0 Å². The molecule has 1 aliphatic rings. The van der Waals surface area contributed by atoms with E-state index in [1.807, 2.05) is 5.38 Å². The third-order valence-electron chi connectivity index (χ3n) is 2.95. The van der Waals surface area contributed by atoms with E-state index in [-0.39, 0.29) is 5.92 Å². The molecule has 5 nitrogen and oxygen atoms in total. The van der Waals surface area contributed by atoms with E-state index in [0.717, 1.165) is 24.3 Å². The van der Waals surface area contributed by atoms with Crippen LogP contribution in [0, 0.1) is 11.3 Å². The highest BCUT2D eigenvalue weighted by atomic mass is 32.1. The van der Waals surface area contributed by atoms with Crippen molar-refractivity contribution in [3.63, 3.8) is 0 Å². The minimum atomic E-state index is 0.210. The fourth-order valence-corrected chi connectivity index (χ4v) is 2.76. The molecule has 0 spiro atoms. The molecule has 18 heavy (non-hydrogen) atoms. The van der Waals surface area contributed by atoms with Gasteiger partial charge in [-0.15, -0.1) is 11.3 Å². The molecular formula is C12H11N3O2S. The molecule has 0 radical (unpaired) electrons. The summed E-state index contributed by atoms with van der Waals surface area (Å²) in [6.07, 6.45) is 2.05. The van der Waals surface area contributed by atoms with Crippen molar-refractivity contribution in [3.8, 4) is 16.8 Å². The molecule has 0 N–H and O–H groups in total. The van der Waals surface area contributed by atoms with Gasteiger partial charge in [0.2, 0.25) is 0 Å². The molecule has 6 heteroatoms. The molecule has 2 aromatic rings. The summed E-state index contributed by atoms with van der Waals surface area (Å²) in [4.78, 5) is 5.13. The Morgan fingerprint density at radius 2 is 2.44 bits per heavy atom. The maximum Gasteiger partial charge on any atom is 0.269 e. The third-order valence-corrected chi connectivity index (χ3v) is 3.85. The summed E-state index contributed by atoms with van der Waals surface area (Å²) >= 11 is 1.44. The van der Waals surface area contributed by atoms with Gasteiger partial charge in [-0.25, -0.2) is 0 Å². The monoisotopic (exact) mass is 261 g/mol. The molecule has 1 aliphatic heterocycles. The lowest BCUT2D eigenvalue weighted by atomic mass is 10.0. The van der Waals surface area contributed by atoms with Crippen LogP contribution in [0.5, 0.6) is 0 Å². The minimum absolute atomic E-state index is 0.210. The van der Waals surface area contributed by atoms with Gasteiger partial charge < -0.3 is 9.26 Å². The number of nitrogens with zero attached hydrogens (tertiary/aromatic N) is 3. The van der Waals surface area contributed by atoms with E-state index in [1.165, 1.54) is 11.3 Å². The molecule has 1 unspecified atom stereocenters. The topological polar surface area (TPSA) is 71.9 Å². The first-order valence-corrected chi connectivity index (χ1v) is 6.66. The summed E-state index contributed by atoms with van der Waals surface area (Å²) in [5, 5.41) is 14.8. The van der Waals surface area contributed by atoms with Crippen LogP contribution in [0.3, 0.4) is 0 Å². The number of thiophene rings is 1. The van der Waals surface area contributed by atoms with Gasteiger partial charge in [0.05, 0.1) is 12.2 Å². The van der Waals surface area contributed by atoms with Crippen molar-refractivity contribution in [2.24, 2.45) is 0 Å². The van der Waals surface area contributed by atoms with Gasteiger partial charge in [-0.1, -0.05) is 5.16 Å². The van der Waals surface area contributed by atoms with Crippen molar-refractivity contribution in [1.29, 1.82) is 5.26 Å². The number of hydrogen-bond acceptors (Lipinski definition) is 6. The standard InChI is InChI=1S/C12H11N3O2S/c13-6-8-3-5-18-10(8)12-14-11(15-17-12)9-2-1-4-16-7-9/h3,5,9H,1-2,4,7H2. The highest BCUT2D eigenvalue weighted by Crippen LogP contribution is 2.30. The molecule has 3 rings (SSSR count). The Hall–Kier alpha value is -1.71. The molecule has 2 aromatic heterocycles. The van der Waals surface area contributed by atoms with Gasteiger partial charge in [0.15, 0.2) is 5.82 Å². The highest BCUT2D eigenvalue weighted by molar-refractivity contribution is 7.13. The number of nitriles is 1. The number of aromatic nitrogens is 2. The predicted octanol–water partition coefficient (Wildman–Crippen LogP) is 2.56. The first-order valence-electron chi connectivity index (χ1n) is 5.78. The zero-order valence-electron chi connectivity index (χ0n) is 9.63. The Balaban J connectivity index is 1.87. The summed E-state index contributed by atoms with van der Waals surface area (Å²) in [7, 11) is 0. The smallest absolute Gasteiger partial charge is 0.269 e. The summed E-state index contributed by atoms with van der Waals surface area (Å²) in [5.41, 5.74) is 0.579. The molecule has 1 saturated heterocycles. The molecule has 1 fully saturated rings. The van der Waals surface area contributed by atoms with Crippen molar-refractivity contribution in [1.82, 2.24) is 10.1 Å².